The van der Waals surface area contributed by atoms with Gasteiger partial charge in [-0.05, 0) is 37.5 Å². The Morgan fingerprint density at radius 2 is 2.25 bits per heavy atom. The number of carbonyl (C=O) groups excluding carboxylic acids is 1. The van der Waals surface area contributed by atoms with Crippen LogP contribution < -0.4 is 5.32 Å². The molecule has 108 valence electrons. The third-order valence-corrected chi connectivity index (χ3v) is 4.06. The third-order valence-electron chi connectivity index (χ3n) is 3.56. The molecule has 0 radical (unpaired) electrons. The molecule has 1 heterocycles. The molecule has 1 fully saturated rings. The SMILES string of the molecule is CCC1CCCN1C(=O)Nc1cc(Br)ccc1C(=O)O. The van der Waals surface area contributed by atoms with Crippen molar-refractivity contribution < 1.29 is 14.7 Å². The molecule has 0 aromatic heterocycles. The van der Waals surface area contributed by atoms with Crippen LogP contribution in [-0.2, 0) is 0 Å². The van der Waals surface area contributed by atoms with Crippen LogP contribution in [0.3, 0.4) is 0 Å². The summed E-state index contributed by atoms with van der Waals surface area (Å²) in [5, 5.41) is 11.9. The average molecular weight is 341 g/mol. The fraction of sp³-hybridized carbons (Fsp3) is 0.429. The van der Waals surface area contributed by atoms with Crippen molar-refractivity contribution in [2.45, 2.75) is 32.2 Å². The molecule has 0 spiro atoms. The summed E-state index contributed by atoms with van der Waals surface area (Å²) in [7, 11) is 0. The van der Waals surface area contributed by atoms with Crippen LogP contribution in [0, 0.1) is 0 Å². The topological polar surface area (TPSA) is 69.6 Å². The molecule has 6 heteroatoms. The number of rotatable bonds is 3. The number of amides is 2. The standard InChI is InChI=1S/C14H17BrN2O3/c1-2-10-4-3-7-17(10)14(20)16-12-8-9(15)5-6-11(12)13(18)19/h5-6,8,10H,2-4,7H2,1H3,(H,16,20)(H,18,19). The normalized spacial score (nSPS) is 18.1. The zero-order valence-corrected chi connectivity index (χ0v) is 12.8. The number of anilines is 1. The minimum absolute atomic E-state index is 0.0915. The predicted octanol–water partition coefficient (Wildman–Crippen LogP) is 3.55. The van der Waals surface area contributed by atoms with Gasteiger partial charge >= 0.3 is 12.0 Å². The number of benzene rings is 1. The number of urea groups is 1. The van der Waals surface area contributed by atoms with E-state index in [0.29, 0.717) is 5.69 Å². The lowest BCUT2D eigenvalue weighted by Crippen LogP contribution is -2.38. The first-order valence-electron chi connectivity index (χ1n) is 6.63. The summed E-state index contributed by atoms with van der Waals surface area (Å²) in [6.07, 6.45) is 2.92. The van der Waals surface area contributed by atoms with Gasteiger partial charge in [0.15, 0.2) is 0 Å². The molecular formula is C14H17BrN2O3. The Balaban J connectivity index is 2.19. The molecule has 5 nitrogen and oxygen atoms in total. The molecule has 0 bridgehead atoms. The van der Waals surface area contributed by atoms with Gasteiger partial charge in [0.1, 0.15) is 0 Å². The predicted molar refractivity (Wildman–Crippen MR) is 80.1 cm³/mol. The summed E-state index contributed by atoms with van der Waals surface area (Å²) in [5.74, 6) is -1.05. The third kappa shape index (κ3) is 3.12. The Morgan fingerprint density at radius 3 is 2.90 bits per heavy atom. The van der Waals surface area contributed by atoms with Crippen LogP contribution >= 0.6 is 15.9 Å². The van der Waals surface area contributed by atoms with Crippen molar-refractivity contribution in [3.8, 4) is 0 Å². The van der Waals surface area contributed by atoms with Crippen LogP contribution in [0.1, 0.15) is 36.5 Å². The van der Waals surface area contributed by atoms with E-state index in [1.54, 1.807) is 17.0 Å². The number of hydrogen-bond acceptors (Lipinski definition) is 2. The number of nitrogens with one attached hydrogen (secondary N) is 1. The Bertz CT molecular complexity index is 533. The molecule has 1 aromatic rings. The molecule has 0 aliphatic carbocycles. The summed E-state index contributed by atoms with van der Waals surface area (Å²) in [5.41, 5.74) is 0.410. The summed E-state index contributed by atoms with van der Waals surface area (Å²) in [4.78, 5) is 25.2. The van der Waals surface area contributed by atoms with Crippen LogP contribution in [0.2, 0.25) is 0 Å². The van der Waals surface area contributed by atoms with Crippen LogP contribution in [0.4, 0.5) is 10.5 Å². The van der Waals surface area contributed by atoms with Gasteiger partial charge in [0, 0.05) is 17.1 Å². The average Bonchev–Trinajstić information content (AvgIpc) is 2.86. The first kappa shape index (κ1) is 14.8. The first-order valence-corrected chi connectivity index (χ1v) is 7.42. The second-order valence-electron chi connectivity index (χ2n) is 4.82. The van der Waals surface area contributed by atoms with E-state index in [1.807, 2.05) is 0 Å². The van der Waals surface area contributed by atoms with Gasteiger partial charge < -0.3 is 15.3 Å². The van der Waals surface area contributed by atoms with Crippen molar-refractivity contribution in [2.75, 3.05) is 11.9 Å². The highest BCUT2D eigenvalue weighted by molar-refractivity contribution is 9.10. The van der Waals surface area contributed by atoms with Crippen LogP contribution in [0.15, 0.2) is 22.7 Å². The fourth-order valence-electron chi connectivity index (χ4n) is 2.52. The highest BCUT2D eigenvalue weighted by Gasteiger charge is 2.27. The van der Waals surface area contributed by atoms with E-state index in [0.717, 1.165) is 30.3 Å². The molecule has 20 heavy (non-hydrogen) atoms. The van der Waals surface area contributed by atoms with Gasteiger partial charge in [-0.2, -0.15) is 0 Å². The Morgan fingerprint density at radius 1 is 1.50 bits per heavy atom. The minimum atomic E-state index is -1.05. The van der Waals surface area contributed by atoms with Crippen molar-refractivity contribution in [2.24, 2.45) is 0 Å². The fourth-order valence-corrected chi connectivity index (χ4v) is 2.88. The van der Waals surface area contributed by atoms with E-state index >= 15 is 0 Å². The van der Waals surface area contributed by atoms with Gasteiger partial charge in [-0.1, -0.05) is 22.9 Å². The smallest absolute Gasteiger partial charge is 0.337 e. The van der Waals surface area contributed by atoms with Crippen LogP contribution in [-0.4, -0.2) is 34.6 Å². The van der Waals surface area contributed by atoms with Crippen molar-refractivity contribution in [1.82, 2.24) is 4.90 Å². The summed E-state index contributed by atoms with van der Waals surface area (Å²) < 4.78 is 0.728. The largest absolute Gasteiger partial charge is 0.478 e. The highest BCUT2D eigenvalue weighted by atomic mass is 79.9. The lowest BCUT2D eigenvalue weighted by atomic mass is 10.1. The molecule has 1 aromatic carbocycles. The van der Waals surface area contributed by atoms with Gasteiger partial charge in [0.05, 0.1) is 11.3 Å². The molecule has 1 saturated heterocycles. The number of aromatic carboxylic acids is 1. The van der Waals surface area contributed by atoms with E-state index in [9.17, 15) is 9.59 Å². The summed E-state index contributed by atoms with van der Waals surface area (Å²) in [6, 6.07) is 4.75. The number of carboxylic acids is 1. The van der Waals surface area contributed by atoms with Gasteiger partial charge in [-0.25, -0.2) is 9.59 Å². The monoisotopic (exact) mass is 340 g/mol. The molecule has 2 N–H and O–H groups in total. The number of likely N-dealkylation sites (tertiary alicyclic amines) is 1. The zero-order chi connectivity index (χ0) is 14.7. The van der Waals surface area contributed by atoms with E-state index in [1.165, 1.54) is 6.07 Å². The number of hydrogen-bond donors (Lipinski definition) is 2. The molecule has 1 aliphatic heterocycles. The lowest BCUT2D eigenvalue weighted by molar-refractivity contribution is 0.0698. The zero-order valence-electron chi connectivity index (χ0n) is 11.2. The molecule has 0 saturated carbocycles. The summed E-state index contributed by atoms with van der Waals surface area (Å²) >= 11 is 3.29. The van der Waals surface area contributed by atoms with E-state index in [2.05, 4.69) is 28.2 Å². The molecule has 1 atom stereocenters. The Kier molecular flexibility index (Phi) is 4.65. The van der Waals surface area contributed by atoms with Gasteiger partial charge in [0.2, 0.25) is 0 Å². The van der Waals surface area contributed by atoms with Crippen molar-refractivity contribution in [3.63, 3.8) is 0 Å². The Labute approximate surface area is 126 Å². The van der Waals surface area contributed by atoms with Crippen molar-refractivity contribution in [3.05, 3.63) is 28.2 Å². The minimum Gasteiger partial charge on any atom is -0.478 e. The quantitative estimate of drug-likeness (QED) is 0.883. The van der Waals surface area contributed by atoms with E-state index < -0.39 is 5.97 Å². The van der Waals surface area contributed by atoms with Crippen LogP contribution in [0.5, 0.6) is 0 Å². The Hall–Kier alpha value is -1.56. The maximum atomic E-state index is 12.3. The second kappa shape index (κ2) is 6.26. The highest BCUT2D eigenvalue weighted by Crippen LogP contribution is 2.24. The van der Waals surface area contributed by atoms with E-state index in [4.69, 9.17) is 5.11 Å². The van der Waals surface area contributed by atoms with E-state index in [-0.39, 0.29) is 17.6 Å². The maximum absolute atomic E-state index is 12.3. The number of carboxylic acid groups (broad SMARTS) is 1. The van der Waals surface area contributed by atoms with Gasteiger partial charge in [-0.3, -0.25) is 0 Å². The molecular weight excluding hydrogens is 324 g/mol. The second-order valence-corrected chi connectivity index (χ2v) is 5.74. The summed E-state index contributed by atoms with van der Waals surface area (Å²) in [6.45, 7) is 2.78. The molecule has 1 aliphatic rings. The number of halogens is 1. The van der Waals surface area contributed by atoms with Crippen molar-refractivity contribution >= 4 is 33.6 Å². The lowest BCUT2D eigenvalue weighted by Gasteiger charge is -2.24. The van der Waals surface area contributed by atoms with Gasteiger partial charge in [-0.15, -0.1) is 0 Å². The first-order chi connectivity index (χ1) is 9.52. The molecule has 2 rings (SSSR count). The molecule has 1 unspecified atom stereocenters. The van der Waals surface area contributed by atoms with Crippen molar-refractivity contribution in [1.29, 1.82) is 0 Å². The maximum Gasteiger partial charge on any atom is 0.337 e. The van der Waals surface area contributed by atoms with Gasteiger partial charge in [0.25, 0.3) is 0 Å². The number of nitrogens with zero attached hydrogens (tertiary/aromatic N) is 1. The van der Waals surface area contributed by atoms with Crippen LogP contribution in [0.25, 0.3) is 0 Å². The molecule has 2 amide bonds. The number of carbonyl (C=O) groups is 2.